The van der Waals surface area contributed by atoms with Gasteiger partial charge in [-0.1, -0.05) is 60.7 Å². The zero-order valence-corrected chi connectivity index (χ0v) is 17.6. The molecule has 0 radical (unpaired) electrons. The van der Waals surface area contributed by atoms with Crippen LogP contribution < -0.4 is 5.32 Å². The second-order valence-corrected chi connectivity index (χ2v) is 7.56. The number of nitrogens with zero attached hydrogens (tertiary/aromatic N) is 2. The van der Waals surface area contributed by atoms with Crippen LogP contribution in [0.5, 0.6) is 0 Å². The van der Waals surface area contributed by atoms with E-state index in [1.807, 2.05) is 79.7 Å². The summed E-state index contributed by atoms with van der Waals surface area (Å²) in [5.74, 6) is -1.09. The summed E-state index contributed by atoms with van der Waals surface area (Å²) >= 11 is 0. The largest absolute Gasteiger partial charge is 0.480 e. The number of carboxylic acids is 1. The molecule has 0 aliphatic rings. The number of hydrogen-bond donors (Lipinski definition) is 3. The molecule has 0 fully saturated rings. The molecule has 0 aromatic heterocycles. The molecule has 30 heavy (non-hydrogen) atoms. The number of hydrogen-bond acceptors (Lipinski definition) is 4. The van der Waals surface area contributed by atoms with Gasteiger partial charge in [0.1, 0.15) is 6.04 Å². The van der Waals surface area contributed by atoms with Crippen LogP contribution in [0.4, 0.5) is 4.79 Å². The van der Waals surface area contributed by atoms with Crippen LogP contribution in [0.2, 0.25) is 0 Å². The van der Waals surface area contributed by atoms with Gasteiger partial charge < -0.3 is 25.3 Å². The van der Waals surface area contributed by atoms with Gasteiger partial charge in [0.15, 0.2) is 0 Å². The van der Waals surface area contributed by atoms with Gasteiger partial charge in [0.05, 0.1) is 12.6 Å². The number of carboxylic acid groups (broad SMARTS) is 1. The Hall–Kier alpha value is -2.90. The third kappa shape index (κ3) is 7.50. The molecule has 2 unspecified atom stereocenters. The number of amides is 2. The molecule has 2 rings (SSSR count). The molecule has 2 amide bonds. The van der Waals surface area contributed by atoms with Crippen molar-refractivity contribution in [1.29, 1.82) is 0 Å². The molecule has 3 N–H and O–H groups in total. The zero-order chi connectivity index (χ0) is 21.9. The van der Waals surface area contributed by atoms with Crippen molar-refractivity contribution < 1.29 is 19.8 Å². The maximum absolute atomic E-state index is 13.1. The van der Waals surface area contributed by atoms with E-state index >= 15 is 0 Å². The number of aliphatic carboxylic acids is 1. The summed E-state index contributed by atoms with van der Waals surface area (Å²) in [5, 5.41) is 22.2. The Labute approximate surface area is 177 Å². The van der Waals surface area contributed by atoms with Gasteiger partial charge in [-0.2, -0.15) is 0 Å². The Morgan fingerprint density at radius 1 is 0.967 bits per heavy atom. The van der Waals surface area contributed by atoms with Crippen molar-refractivity contribution in [3.63, 3.8) is 0 Å². The number of urea groups is 1. The highest BCUT2D eigenvalue weighted by Gasteiger charge is 2.28. The monoisotopic (exact) mass is 413 g/mol. The highest BCUT2D eigenvalue weighted by atomic mass is 16.4. The summed E-state index contributed by atoms with van der Waals surface area (Å²) < 4.78 is 0. The first kappa shape index (κ1) is 23.4. The second kappa shape index (κ2) is 11.9. The summed E-state index contributed by atoms with van der Waals surface area (Å²) in [6.07, 6.45) is 0.792. The van der Waals surface area contributed by atoms with Gasteiger partial charge in [-0.25, -0.2) is 9.59 Å². The van der Waals surface area contributed by atoms with E-state index in [2.05, 4.69) is 5.32 Å². The standard InChI is InChI=1S/C23H31N3O4/c1-25(2)16-20(17-27)26(14-13-18-9-5-3-6-10-18)23(30)24-21(22(28)29)15-19-11-7-4-8-12-19/h3-12,20-21,27H,13-17H2,1-2H3,(H,24,30)(H,28,29). The van der Waals surface area contributed by atoms with Crippen molar-refractivity contribution in [2.75, 3.05) is 33.8 Å². The van der Waals surface area contributed by atoms with Crippen LogP contribution in [0.25, 0.3) is 0 Å². The molecule has 7 heteroatoms. The van der Waals surface area contributed by atoms with E-state index in [9.17, 15) is 19.8 Å². The second-order valence-electron chi connectivity index (χ2n) is 7.56. The van der Waals surface area contributed by atoms with E-state index < -0.39 is 24.1 Å². The smallest absolute Gasteiger partial charge is 0.326 e. The highest BCUT2D eigenvalue weighted by molar-refractivity contribution is 5.83. The summed E-state index contributed by atoms with van der Waals surface area (Å²) in [5.41, 5.74) is 1.89. The summed E-state index contributed by atoms with van der Waals surface area (Å²) in [6.45, 7) is 0.624. The SMILES string of the molecule is CN(C)CC(CO)N(CCc1ccccc1)C(=O)NC(Cc1ccccc1)C(=O)O. The number of rotatable bonds is 11. The molecule has 2 aromatic carbocycles. The molecule has 0 saturated heterocycles. The van der Waals surface area contributed by atoms with Crippen LogP contribution >= 0.6 is 0 Å². The average Bonchev–Trinajstić information content (AvgIpc) is 2.73. The molecule has 7 nitrogen and oxygen atoms in total. The van der Waals surface area contributed by atoms with E-state index in [1.54, 1.807) is 0 Å². The summed E-state index contributed by atoms with van der Waals surface area (Å²) in [4.78, 5) is 28.3. The van der Waals surface area contributed by atoms with Gasteiger partial charge in [0, 0.05) is 19.5 Å². The molecule has 2 atom stereocenters. The van der Waals surface area contributed by atoms with Crippen LogP contribution in [0.3, 0.4) is 0 Å². The van der Waals surface area contributed by atoms with E-state index in [1.165, 1.54) is 4.90 Å². The van der Waals surface area contributed by atoms with Crippen LogP contribution in [-0.2, 0) is 17.6 Å². The lowest BCUT2D eigenvalue weighted by Crippen LogP contribution is -2.55. The third-order valence-corrected chi connectivity index (χ3v) is 4.85. The van der Waals surface area contributed by atoms with Gasteiger partial charge in [-0.05, 0) is 31.6 Å². The number of nitrogens with one attached hydrogen (secondary N) is 1. The van der Waals surface area contributed by atoms with Crippen molar-refractivity contribution in [3.8, 4) is 0 Å². The van der Waals surface area contributed by atoms with Crippen LogP contribution in [0, 0.1) is 0 Å². The van der Waals surface area contributed by atoms with Crippen molar-refractivity contribution in [2.24, 2.45) is 0 Å². The first-order chi connectivity index (χ1) is 14.4. The number of carbonyl (C=O) groups is 2. The predicted octanol–water partition coefficient (Wildman–Crippen LogP) is 1.86. The molecule has 0 bridgehead atoms. The molecule has 0 saturated carbocycles. The zero-order valence-electron chi connectivity index (χ0n) is 17.6. The van der Waals surface area contributed by atoms with Gasteiger partial charge in [0.25, 0.3) is 0 Å². The molecule has 0 aliphatic heterocycles. The predicted molar refractivity (Wildman–Crippen MR) is 116 cm³/mol. The highest BCUT2D eigenvalue weighted by Crippen LogP contribution is 2.09. The normalized spacial score (nSPS) is 12.9. The third-order valence-electron chi connectivity index (χ3n) is 4.85. The number of carbonyl (C=O) groups excluding carboxylic acids is 1. The van der Waals surface area contributed by atoms with E-state index in [-0.39, 0.29) is 13.0 Å². The van der Waals surface area contributed by atoms with Crippen LogP contribution in [0.1, 0.15) is 11.1 Å². The summed E-state index contributed by atoms with van der Waals surface area (Å²) in [6, 6.07) is 16.9. The number of likely N-dealkylation sites (N-methyl/N-ethyl adjacent to an activating group) is 1. The quantitative estimate of drug-likeness (QED) is 0.523. The van der Waals surface area contributed by atoms with E-state index in [0.29, 0.717) is 19.5 Å². The summed E-state index contributed by atoms with van der Waals surface area (Å²) in [7, 11) is 3.73. The fourth-order valence-corrected chi connectivity index (χ4v) is 3.30. The molecule has 162 valence electrons. The van der Waals surface area contributed by atoms with E-state index in [0.717, 1.165) is 11.1 Å². The van der Waals surface area contributed by atoms with E-state index in [4.69, 9.17) is 0 Å². The van der Waals surface area contributed by atoms with Gasteiger partial charge >= 0.3 is 12.0 Å². The van der Waals surface area contributed by atoms with Gasteiger partial charge in [0.2, 0.25) is 0 Å². The van der Waals surface area contributed by atoms with Crippen LogP contribution in [-0.4, -0.2) is 77.9 Å². The molecular formula is C23H31N3O4. The minimum absolute atomic E-state index is 0.186. The molecule has 0 spiro atoms. The molecule has 0 aliphatic carbocycles. The van der Waals surface area contributed by atoms with Crippen molar-refractivity contribution >= 4 is 12.0 Å². The average molecular weight is 414 g/mol. The maximum atomic E-state index is 13.1. The topological polar surface area (TPSA) is 93.1 Å². The number of aliphatic hydroxyl groups is 1. The lowest BCUT2D eigenvalue weighted by atomic mass is 10.1. The van der Waals surface area contributed by atoms with Crippen molar-refractivity contribution in [2.45, 2.75) is 24.9 Å². The maximum Gasteiger partial charge on any atom is 0.326 e. The fraction of sp³-hybridized carbons (Fsp3) is 0.391. The van der Waals surface area contributed by atoms with Crippen LogP contribution in [0.15, 0.2) is 60.7 Å². The van der Waals surface area contributed by atoms with Crippen molar-refractivity contribution in [1.82, 2.24) is 15.1 Å². The fourth-order valence-electron chi connectivity index (χ4n) is 3.30. The van der Waals surface area contributed by atoms with Gasteiger partial charge in [-0.15, -0.1) is 0 Å². The van der Waals surface area contributed by atoms with Crippen molar-refractivity contribution in [3.05, 3.63) is 71.8 Å². The lowest BCUT2D eigenvalue weighted by Gasteiger charge is -2.33. The Balaban J connectivity index is 2.14. The molecule has 2 aromatic rings. The lowest BCUT2D eigenvalue weighted by molar-refractivity contribution is -0.139. The minimum atomic E-state index is -1.09. The Kier molecular flexibility index (Phi) is 9.31. The molecular weight excluding hydrogens is 382 g/mol. The molecule has 0 heterocycles. The number of aliphatic hydroxyl groups excluding tert-OH is 1. The number of benzene rings is 2. The Morgan fingerprint density at radius 3 is 2.03 bits per heavy atom. The Morgan fingerprint density at radius 2 is 1.53 bits per heavy atom. The first-order valence-electron chi connectivity index (χ1n) is 10.0. The minimum Gasteiger partial charge on any atom is -0.480 e. The first-order valence-corrected chi connectivity index (χ1v) is 10.0. The Bertz CT molecular complexity index is 784. The van der Waals surface area contributed by atoms with Gasteiger partial charge in [-0.3, -0.25) is 0 Å².